The van der Waals surface area contributed by atoms with Crippen LogP contribution in [-0.2, 0) is 21.2 Å². The summed E-state index contributed by atoms with van der Waals surface area (Å²) in [7, 11) is -3.52. The molecule has 2 amide bonds. The predicted molar refractivity (Wildman–Crippen MR) is 140 cm³/mol. The van der Waals surface area contributed by atoms with Gasteiger partial charge in [-0.15, -0.1) is 0 Å². The van der Waals surface area contributed by atoms with Gasteiger partial charge in [-0.1, -0.05) is 18.2 Å². The molecule has 198 valence electrons. The molecule has 3 aliphatic heterocycles. The molecule has 1 atom stereocenters. The van der Waals surface area contributed by atoms with Crippen LogP contribution >= 0.6 is 0 Å². The number of rotatable bonds is 3. The molecule has 3 aromatic rings. The van der Waals surface area contributed by atoms with E-state index in [2.05, 4.69) is 15.0 Å². The molecule has 8 bridgehead atoms. The van der Waals surface area contributed by atoms with Crippen LogP contribution in [-0.4, -0.2) is 62.6 Å². The molecular formula is C27H28N4O6S. The molecule has 1 unspecified atom stereocenters. The first kappa shape index (κ1) is 25.7. The zero-order valence-corrected chi connectivity index (χ0v) is 21.7. The number of pyridine rings is 1. The zero-order chi connectivity index (χ0) is 26.7. The first-order valence-electron chi connectivity index (χ1n) is 12.3. The van der Waals surface area contributed by atoms with E-state index in [-0.39, 0.29) is 18.4 Å². The summed E-state index contributed by atoms with van der Waals surface area (Å²) in [6.45, 7) is 0.882. The molecule has 38 heavy (non-hydrogen) atoms. The second-order valence-corrected chi connectivity index (χ2v) is 11.1. The first-order chi connectivity index (χ1) is 18.3. The predicted octanol–water partition coefficient (Wildman–Crippen LogP) is 2.41. The Hall–Kier alpha value is -3.96. The molecular weight excluding hydrogens is 508 g/mol. The van der Waals surface area contributed by atoms with Gasteiger partial charge in [-0.2, -0.15) is 0 Å². The molecule has 6 rings (SSSR count). The summed E-state index contributed by atoms with van der Waals surface area (Å²) in [6.07, 6.45) is 5.22. The highest BCUT2D eigenvalue weighted by atomic mass is 32.2. The number of hydrogen-bond acceptors (Lipinski definition) is 7. The summed E-state index contributed by atoms with van der Waals surface area (Å²) in [6, 6.07) is 14.4. The smallest absolute Gasteiger partial charge is 0.252 e. The van der Waals surface area contributed by atoms with Crippen molar-refractivity contribution in [3.63, 3.8) is 0 Å². The maximum atomic E-state index is 13.2. The lowest BCUT2D eigenvalue weighted by atomic mass is 9.87. The van der Waals surface area contributed by atoms with Crippen LogP contribution in [0.25, 0.3) is 0 Å². The van der Waals surface area contributed by atoms with Gasteiger partial charge in [0, 0.05) is 19.3 Å². The Morgan fingerprint density at radius 3 is 2.84 bits per heavy atom. The first-order valence-corrected chi connectivity index (χ1v) is 14.2. The van der Waals surface area contributed by atoms with Crippen molar-refractivity contribution >= 4 is 21.8 Å². The molecule has 0 radical (unpaired) electrons. The SMILES string of the molecule is CS(=O)(=O)NCC(=O)N1CCc2cc3ccc2C1c1cccc(c1)OCCCNC(=O)c1cncc(c1)O3. The normalized spacial score (nSPS) is 17.4. The number of nitrogens with one attached hydrogen (secondary N) is 2. The van der Waals surface area contributed by atoms with Gasteiger partial charge in [0.05, 0.1) is 37.2 Å². The molecule has 0 aliphatic carbocycles. The van der Waals surface area contributed by atoms with Crippen molar-refractivity contribution in [2.75, 3.05) is 32.5 Å². The number of benzene rings is 2. The van der Waals surface area contributed by atoms with Crippen LogP contribution in [0, 0.1) is 0 Å². The van der Waals surface area contributed by atoms with Crippen molar-refractivity contribution in [3.8, 4) is 17.2 Å². The molecule has 1 aromatic heterocycles. The third-order valence-electron chi connectivity index (χ3n) is 6.41. The number of sulfonamides is 1. The van der Waals surface area contributed by atoms with E-state index < -0.39 is 16.1 Å². The number of nitrogens with zero attached hydrogens (tertiary/aromatic N) is 2. The average Bonchev–Trinajstić information content (AvgIpc) is 2.90. The minimum Gasteiger partial charge on any atom is -0.494 e. The van der Waals surface area contributed by atoms with Crippen LogP contribution in [0.2, 0.25) is 0 Å². The highest BCUT2D eigenvalue weighted by molar-refractivity contribution is 7.88. The average molecular weight is 537 g/mol. The molecule has 2 aromatic carbocycles. The minimum absolute atomic E-state index is 0.241. The summed E-state index contributed by atoms with van der Waals surface area (Å²) >= 11 is 0. The number of aromatic nitrogens is 1. The third-order valence-corrected chi connectivity index (χ3v) is 7.08. The van der Waals surface area contributed by atoms with Crippen LogP contribution < -0.4 is 19.5 Å². The molecule has 0 saturated carbocycles. The standard InChI is InChI=1S/C27H28N4O6S/c1-38(34,35)30-17-25(32)31-10-8-18-12-22-6-7-24(18)26(31)19-4-2-5-21(13-19)36-11-3-9-29-27(33)20-14-23(37-22)16-28-15-20/h2,4-7,12-16,26,30H,3,8-11,17H2,1H3,(H,29,33). The number of amides is 2. The maximum Gasteiger partial charge on any atom is 0.252 e. The van der Waals surface area contributed by atoms with E-state index in [0.717, 1.165) is 22.9 Å². The number of ether oxygens (including phenoxy) is 2. The number of carbonyl (C=O) groups excluding carboxylic acids is 2. The highest BCUT2D eigenvalue weighted by Gasteiger charge is 2.33. The monoisotopic (exact) mass is 536 g/mol. The van der Waals surface area contributed by atoms with E-state index in [1.165, 1.54) is 6.20 Å². The van der Waals surface area contributed by atoms with Crippen molar-refractivity contribution in [1.82, 2.24) is 19.9 Å². The maximum absolute atomic E-state index is 13.2. The molecule has 11 heteroatoms. The Bertz CT molecular complexity index is 1480. The van der Waals surface area contributed by atoms with Crippen molar-refractivity contribution in [2.24, 2.45) is 0 Å². The molecule has 3 aliphatic rings. The van der Waals surface area contributed by atoms with Gasteiger partial charge < -0.3 is 19.7 Å². The van der Waals surface area contributed by atoms with E-state index in [0.29, 0.717) is 55.4 Å². The van der Waals surface area contributed by atoms with Crippen LogP contribution in [0.4, 0.5) is 0 Å². The largest absolute Gasteiger partial charge is 0.494 e. The van der Waals surface area contributed by atoms with Crippen molar-refractivity contribution in [1.29, 1.82) is 0 Å². The highest BCUT2D eigenvalue weighted by Crippen LogP contribution is 2.38. The number of hydrogen-bond donors (Lipinski definition) is 2. The second-order valence-electron chi connectivity index (χ2n) is 9.24. The lowest BCUT2D eigenvalue weighted by molar-refractivity contribution is -0.132. The lowest BCUT2D eigenvalue weighted by Gasteiger charge is -2.38. The van der Waals surface area contributed by atoms with Gasteiger partial charge in [0.15, 0.2) is 0 Å². The van der Waals surface area contributed by atoms with E-state index >= 15 is 0 Å². The molecule has 0 saturated heterocycles. The van der Waals surface area contributed by atoms with Crippen LogP contribution in [0.1, 0.15) is 39.5 Å². The number of fused-ring (bicyclic) bond motifs is 6. The topological polar surface area (TPSA) is 127 Å². The Labute approximate surface area is 221 Å². The van der Waals surface area contributed by atoms with E-state index in [9.17, 15) is 18.0 Å². The third kappa shape index (κ3) is 5.95. The Morgan fingerprint density at radius 2 is 2.00 bits per heavy atom. The van der Waals surface area contributed by atoms with Crippen LogP contribution in [0.5, 0.6) is 17.2 Å². The lowest BCUT2D eigenvalue weighted by Crippen LogP contribution is -2.45. The summed E-state index contributed by atoms with van der Waals surface area (Å²) in [5, 5.41) is 2.87. The summed E-state index contributed by atoms with van der Waals surface area (Å²) in [5.41, 5.74) is 3.16. The van der Waals surface area contributed by atoms with Crippen molar-refractivity contribution in [3.05, 3.63) is 83.2 Å². The molecule has 0 spiro atoms. The van der Waals surface area contributed by atoms with E-state index in [1.807, 2.05) is 42.5 Å². The van der Waals surface area contributed by atoms with Gasteiger partial charge in [0.25, 0.3) is 5.91 Å². The molecule has 0 fully saturated rings. The van der Waals surface area contributed by atoms with Crippen molar-refractivity contribution in [2.45, 2.75) is 18.9 Å². The Morgan fingerprint density at radius 1 is 1.13 bits per heavy atom. The molecule has 10 nitrogen and oxygen atoms in total. The Balaban J connectivity index is 1.54. The second kappa shape index (κ2) is 10.8. The minimum atomic E-state index is -3.52. The van der Waals surface area contributed by atoms with E-state index in [1.54, 1.807) is 17.2 Å². The van der Waals surface area contributed by atoms with E-state index in [4.69, 9.17) is 9.47 Å². The molecule has 4 heterocycles. The van der Waals surface area contributed by atoms with Gasteiger partial charge in [0.1, 0.15) is 17.2 Å². The van der Waals surface area contributed by atoms with Crippen molar-refractivity contribution < 1.29 is 27.5 Å². The van der Waals surface area contributed by atoms with Gasteiger partial charge >= 0.3 is 0 Å². The summed E-state index contributed by atoms with van der Waals surface area (Å²) < 4.78 is 37.6. The fraction of sp³-hybridized carbons (Fsp3) is 0.296. The molecule has 2 N–H and O–H groups in total. The summed E-state index contributed by atoms with van der Waals surface area (Å²) in [4.78, 5) is 31.6. The quantitative estimate of drug-likeness (QED) is 0.526. The van der Waals surface area contributed by atoms with Gasteiger partial charge in [-0.3, -0.25) is 14.6 Å². The van der Waals surface area contributed by atoms with Crippen LogP contribution in [0.3, 0.4) is 0 Å². The van der Waals surface area contributed by atoms with Gasteiger partial charge in [0.2, 0.25) is 15.9 Å². The van der Waals surface area contributed by atoms with Crippen LogP contribution in [0.15, 0.2) is 60.9 Å². The number of carbonyl (C=O) groups is 2. The fourth-order valence-electron chi connectivity index (χ4n) is 4.66. The van der Waals surface area contributed by atoms with Gasteiger partial charge in [-0.25, -0.2) is 13.1 Å². The zero-order valence-electron chi connectivity index (χ0n) is 20.8. The Kier molecular flexibility index (Phi) is 7.30. The van der Waals surface area contributed by atoms with Gasteiger partial charge in [-0.05, 0) is 59.9 Å². The fourth-order valence-corrected chi connectivity index (χ4v) is 5.05. The summed E-state index contributed by atoms with van der Waals surface area (Å²) in [5.74, 6) is 1.10.